The second-order valence-corrected chi connectivity index (χ2v) is 7.44. The minimum absolute atomic E-state index is 0.679. The maximum Gasteiger partial charge on any atom is 0.156 e. The van der Waals surface area contributed by atoms with Gasteiger partial charge in [0.05, 0.1) is 22.3 Å². The minimum Gasteiger partial charge on any atom is -0.291 e. The van der Waals surface area contributed by atoms with Gasteiger partial charge in [0, 0.05) is 0 Å². The molecule has 27 heavy (non-hydrogen) atoms. The van der Waals surface area contributed by atoms with E-state index < -0.39 is 0 Å². The van der Waals surface area contributed by atoms with Crippen LogP contribution in [0, 0.1) is 17.2 Å². The summed E-state index contributed by atoms with van der Waals surface area (Å²) in [7, 11) is 0. The molecule has 0 saturated heterocycles. The molecule has 4 aromatic rings. The Morgan fingerprint density at radius 3 is 2.63 bits per heavy atom. The lowest BCUT2D eigenvalue weighted by molar-refractivity contribution is 0.444. The van der Waals surface area contributed by atoms with E-state index in [9.17, 15) is 5.26 Å². The Labute approximate surface area is 158 Å². The average Bonchev–Trinajstić information content (AvgIpc) is 3.11. The lowest BCUT2D eigenvalue weighted by atomic mass is 9.79. The SMILES string of the molecule is CC[C@H]1CCc2c(c(-c3ccccc3)n3c(nc4ccccc43)c2C#N)C1. The van der Waals surface area contributed by atoms with Crippen molar-refractivity contribution in [2.24, 2.45) is 5.92 Å². The van der Waals surface area contributed by atoms with E-state index in [4.69, 9.17) is 4.98 Å². The molecule has 3 heteroatoms. The molecular formula is C24H21N3. The first-order valence-corrected chi connectivity index (χ1v) is 9.72. The second kappa shape index (κ2) is 6.25. The monoisotopic (exact) mass is 351 g/mol. The van der Waals surface area contributed by atoms with Gasteiger partial charge in [0.25, 0.3) is 0 Å². The van der Waals surface area contributed by atoms with E-state index >= 15 is 0 Å². The first-order chi connectivity index (χ1) is 13.3. The van der Waals surface area contributed by atoms with Crippen LogP contribution in [0.25, 0.3) is 27.9 Å². The van der Waals surface area contributed by atoms with Gasteiger partial charge in [0.2, 0.25) is 0 Å². The molecule has 0 N–H and O–H groups in total. The molecule has 5 rings (SSSR count). The van der Waals surface area contributed by atoms with Crippen molar-refractivity contribution in [1.82, 2.24) is 9.38 Å². The molecule has 0 bridgehead atoms. The molecule has 132 valence electrons. The van der Waals surface area contributed by atoms with Gasteiger partial charge in [-0.25, -0.2) is 4.98 Å². The largest absolute Gasteiger partial charge is 0.291 e. The van der Waals surface area contributed by atoms with Crippen LogP contribution >= 0.6 is 0 Å². The van der Waals surface area contributed by atoms with Crippen molar-refractivity contribution in [3.8, 4) is 17.3 Å². The molecule has 0 spiro atoms. The second-order valence-electron chi connectivity index (χ2n) is 7.44. The summed E-state index contributed by atoms with van der Waals surface area (Å²) in [5, 5.41) is 10.00. The van der Waals surface area contributed by atoms with Crippen molar-refractivity contribution in [2.45, 2.75) is 32.6 Å². The Morgan fingerprint density at radius 1 is 1.07 bits per heavy atom. The third-order valence-corrected chi connectivity index (χ3v) is 5.99. The molecule has 0 fully saturated rings. The molecule has 2 aromatic heterocycles. The van der Waals surface area contributed by atoms with Crippen LogP contribution < -0.4 is 0 Å². The molecule has 0 radical (unpaired) electrons. The van der Waals surface area contributed by atoms with Crippen LogP contribution in [-0.2, 0) is 12.8 Å². The highest BCUT2D eigenvalue weighted by atomic mass is 15.0. The fourth-order valence-corrected chi connectivity index (χ4v) is 4.58. The van der Waals surface area contributed by atoms with Crippen molar-refractivity contribution in [1.29, 1.82) is 5.26 Å². The third kappa shape index (κ3) is 2.37. The number of imidazole rings is 1. The molecule has 3 nitrogen and oxygen atoms in total. The van der Waals surface area contributed by atoms with Crippen LogP contribution in [-0.4, -0.2) is 9.38 Å². The fraction of sp³-hybridized carbons (Fsp3) is 0.250. The molecule has 2 aromatic carbocycles. The Morgan fingerprint density at radius 2 is 1.85 bits per heavy atom. The van der Waals surface area contributed by atoms with E-state index in [0.717, 1.165) is 41.5 Å². The lowest BCUT2D eigenvalue weighted by Gasteiger charge is -2.28. The van der Waals surface area contributed by atoms with Gasteiger partial charge in [-0.2, -0.15) is 5.26 Å². The first-order valence-electron chi connectivity index (χ1n) is 9.72. The van der Waals surface area contributed by atoms with Crippen LogP contribution in [0.4, 0.5) is 0 Å². The van der Waals surface area contributed by atoms with E-state index in [1.807, 2.05) is 18.2 Å². The maximum atomic E-state index is 10.00. The number of hydrogen-bond donors (Lipinski definition) is 0. The third-order valence-electron chi connectivity index (χ3n) is 5.99. The summed E-state index contributed by atoms with van der Waals surface area (Å²) in [6.45, 7) is 2.27. The Kier molecular flexibility index (Phi) is 3.72. The van der Waals surface area contributed by atoms with Gasteiger partial charge in [-0.1, -0.05) is 55.8 Å². The zero-order chi connectivity index (χ0) is 18.4. The zero-order valence-electron chi connectivity index (χ0n) is 15.4. The van der Waals surface area contributed by atoms with Crippen molar-refractivity contribution in [3.63, 3.8) is 0 Å². The normalized spacial score (nSPS) is 16.4. The number of pyridine rings is 1. The summed E-state index contributed by atoms with van der Waals surface area (Å²) in [6, 6.07) is 21.3. The highest BCUT2D eigenvalue weighted by Gasteiger charge is 2.28. The summed E-state index contributed by atoms with van der Waals surface area (Å²) in [4.78, 5) is 4.86. The van der Waals surface area contributed by atoms with E-state index in [2.05, 4.69) is 53.8 Å². The van der Waals surface area contributed by atoms with E-state index in [1.165, 1.54) is 28.8 Å². The predicted molar refractivity (Wildman–Crippen MR) is 109 cm³/mol. The van der Waals surface area contributed by atoms with Gasteiger partial charge in [-0.05, 0) is 54.0 Å². The standard InChI is InChI=1S/C24H21N3/c1-2-16-12-13-18-19(14-16)23(17-8-4-3-5-9-17)27-22-11-7-6-10-21(22)26-24(27)20(18)15-25/h3-11,16H,2,12-14H2,1H3/t16-/m0/s1. The Hall–Kier alpha value is -3.12. The molecule has 2 heterocycles. The van der Waals surface area contributed by atoms with Crippen LogP contribution in [0.15, 0.2) is 54.6 Å². The van der Waals surface area contributed by atoms with Crippen LogP contribution in [0.2, 0.25) is 0 Å². The highest BCUT2D eigenvalue weighted by molar-refractivity contribution is 5.87. The Balaban J connectivity index is 1.99. The van der Waals surface area contributed by atoms with Crippen molar-refractivity contribution < 1.29 is 0 Å². The average molecular weight is 351 g/mol. The van der Waals surface area contributed by atoms with E-state index in [0.29, 0.717) is 5.92 Å². The topological polar surface area (TPSA) is 41.1 Å². The number of nitrogens with zero attached hydrogens (tertiary/aromatic N) is 3. The molecule has 0 unspecified atom stereocenters. The van der Waals surface area contributed by atoms with Crippen molar-refractivity contribution in [3.05, 3.63) is 71.3 Å². The summed E-state index contributed by atoms with van der Waals surface area (Å²) >= 11 is 0. The van der Waals surface area contributed by atoms with Gasteiger partial charge < -0.3 is 0 Å². The smallest absolute Gasteiger partial charge is 0.156 e. The predicted octanol–water partition coefficient (Wildman–Crippen LogP) is 5.54. The van der Waals surface area contributed by atoms with Gasteiger partial charge in [-0.15, -0.1) is 0 Å². The highest BCUT2D eigenvalue weighted by Crippen LogP contribution is 2.39. The van der Waals surface area contributed by atoms with Crippen molar-refractivity contribution in [2.75, 3.05) is 0 Å². The molecular weight excluding hydrogens is 330 g/mol. The summed E-state index contributed by atoms with van der Waals surface area (Å²) in [6.07, 6.45) is 4.34. The molecule has 1 aliphatic rings. The molecule has 0 amide bonds. The van der Waals surface area contributed by atoms with Gasteiger partial charge >= 0.3 is 0 Å². The van der Waals surface area contributed by atoms with Crippen molar-refractivity contribution >= 4 is 16.7 Å². The number of para-hydroxylation sites is 2. The fourth-order valence-electron chi connectivity index (χ4n) is 4.58. The first kappa shape index (κ1) is 16.1. The summed E-state index contributed by atoms with van der Waals surface area (Å²) < 4.78 is 2.22. The maximum absolute atomic E-state index is 10.00. The van der Waals surface area contributed by atoms with Crippen LogP contribution in [0.1, 0.15) is 36.5 Å². The quantitative estimate of drug-likeness (QED) is 0.476. The van der Waals surface area contributed by atoms with E-state index in [1.54, 1.807) is 0 Å². The molecule has 0 saturated carbocycles. The van der Waals surface area contributed by atoms with Gasteiger partial charge in [-0.3, -0.25) is 4.40 Å². The number of fused-ring (bicyclic) bond motifs is 4. The summed E-state index contributed by atoms with van der Waals surface area (Å²) in [5.74, 6) is 0.679. The number of benzene rings is 2. The van der Waals surface area contributed by atoms with Crippen LogP contribution in [0.5, 0.6) is 0 Å². The number of nitriles is 1. The summed E-state index contributed by atoms with van der Waals surface area (Å²) in [5.41, 5.74) is 8.54. The Bertz CT molecular complexity index is 1200. The van der Waals surface area contributed by atoms with Crippen LogP contribution in [0.3, 0.4) is 0 Å². The zero-order valence-corrected chi connectivity index (χ0v) is 15.4. The molecule has 0 aliphatic heterocycles. The van der Waals surface area contributed by atoms with Gasteiger partial charge in [0.15, 0.2) is 5.65 Å². The van der Waals surface area contributed by atoms with E-state index in [-0.39, 0.29) is 0 Å². The molecule has 1 aliphatic carbocycles. The number of rotatable bonds is 2. The lowest BCUT2D eigenvalue weighted by Crippen LogP contribution is -2.18. The molecule has 1 atom stereocenters. The van der Waals surface area contributed by atoms with Gasteiger partial charge in [0.1, 0.15) is 6.07 Å². The minimum atomic E-state index is 0.679. The number of hydrogen-bond acceptors (Lipinski definition) is 2. The number of aromatic nitrogens is 2.